The first-order chi connectivity index (χ1) is 11.2. The van der Waals surface area contributed by atoms with E-state index in [0.717, 1.165) is 7.11 Å². The number of carbonyl (C=O) groups is 1. The molecule has 0 heterocycles. The lowest BCUT2D eigenvalue weighted by Gasteiger charge is -2.29. The van der Waals surface area contributed by atoms with Crippen molar-refractivity contribution in [3.63, 3.8) is 0 Å². The first-order valence-electron chi connectivity index (χ1n) is 6.86. The Morgan fingerprint density at radius 2 is 1.50 bits per heavy atom. The second-order valence-electron chi connectivity index (χ2n) is 5.10. The first-order valence-corrected chi connectivity index (χ1v) is 10.6. The standard InChI is InChI=1S/C16H18O6S2/c1-20-24(18,19)22-23(2,3)15-11-9-14(10-12-15)21-16(17)13-7-5-4-6-8-13/h4-12H,1-3H3. The third kappa shape index (κ3) is 4.81. The fraction of sp³-hybridized carbons (Fsp3) is 0.188. The van der Waals surface area contributed by atoms with E-state index in [1.165, 1.54) is 0 Å². The molecule has 0 N–H and O–H groups in total. The van der Waals surface area contributed by atoms with Gasteiger partial charge in [0.15, 0.2) is 0 Å². The molecule has 2 rings (SSSR count). The fourth-order valence-corrected chi connectivity index (χ4v) is 4.85. The topological polar surface area (TPSA) is 78.9 Å². The van der Waals surface area contributed by atoms with Crippen molar-refractivity contribution in [2.24, 2.45) is 0 Å². The van der Waals surface area contributed by atoms with Crippen LogP contribution in [0, 0.1) is 0 Å². The summed E-state index contributed by atoms with van der Waals surface area (Å²) in [4.78, 5) is 12.7. The number of carbonyl (C=O) groups excluding carboxylic acids is 1. The number of hydrogen-bond acceptors (Lipinski definition) is 6. The van der Waals surface area contributed by atoms with Gasteiger partial charge in [-0.25, -0.2) is 4.79 Å². The van der Waals surface area contributed by atoms with Crippen molar-refractivity contribution < 1.29 is 25.8 Å². The zero-order valence-electron chi connectivity index (χ0n) is 13.5. The quantitative estimate of drug-likeness (QED) is 0.574. The highest BCUT2D eigenvalue weighted by molar-refractivity contribution is 8.31. The largest absolute Gasteiger partial charge is 0.423 e. The minimum absolute atomic E-state index is 0.359. The zero-order valence-corrected chi connectivity index (χ0v) is 15.1. The van der Waals surface area contributed by atoms with Gasteiger partial charge in [0.1, 0.15) is 5.75 Å². The summed E-state index contributed by atoms with van der Waals surface area (Å²) in [7, 11) is -5.08. The van der Waals surface area contributed by atoms with Gasteiger partial charge in [-0.15, -0.1) is 0 Å². The van der Waals surface area contributed by atoms with Crippen LogP contribution in [0.5, 0.6) is 5.75 Å². The van der Waals surface area contributed by atoms with E-state index in [1.807, 2.05) is 6.07 Å². The molecule has 2 aromatic carbocycles. The van der Waals surface area contributed by atoms with Gasteiger partial charge in [-0.2, -0.15) is 12.0 Å². The highest BCUT2D eigenvalue weighted by Crippen LogP contribution is 2.51. The number of esters is 1. The third-order valence-electron chi connectivity index (χ3n) is 3.07. The summed E-state index contributed by atoms with van der Waals surface area (Å²) < 4.78 is 37.6. The average Bonchev–Trinajstić information content (AvgIpc) is 2.55. The normalized spacial score (nSPS) is 12.6. The van der Waals surface area contributed by atoms with E-state index in [1.54, 1.807) is 61.0 Å². The first kappa shape index (κ1) is 18.5. The SMILES string of the molecule is COS(=O)(=O)OS(C)(C)c1ccc(OC(=O)c2ccccc2)cc1. The number of ether oxygens (including phenoxy) is 1. The molecule has 0 aliphatic rings. The Hall–Kier alpha value is -1.87. The smallest absolute Gasteiger partial charge is 0.409 e. The van der Waals surface area contributed by atoms with Crippen molar-refractivity contribution in [1.29, 1.82) is 0 Å². The van der Waals surface area contributed by atoms with E-state index < -0.39 is 26.7 Å². The second kappa shape index (κ2) is 7.35. The predicted molar refractivity (Wildman–Crippen MR) is 92.6 cm³/mol. The molecule has 6 nitrogen and oxygen atoms in total. The Kier molecular flexibility index (Phi) is 5.66. The molecule has 0 bridgehead atoms. The Bertz CT molecular complexity index is 798. The predicted octanol–water partition coefficient (Wildman–Crippen LogP) is 3.15. The van der Waals surface area contributed by atoms with E-state index in [-0.39, 0.29) is 0 Å². The van der Waals surface area contributed by atoms with Crippen LogP contribution < -0.4 is 4.74 Å². The Labute approximate surface area is 143 Å². The highest BCUT2D eigenvalue weighted by Gasteiger charge is 2.24. The summed E-state index contributed by atoms with van der Waals surface area (Å²) in [6, 6.07) is 15.1. The lowest BCUT2D eigenvalue weighted by atomic mass is 10.2. The van der Waals surface area contributed by atoms with Gasteiger partial charge >= 0.3 is 16.4 Å². The maximum absolute atomic E-state index is 12.0. The van der Waals surface area contributed by atoms with E-state index in [4.69, 9.17) is 8.37 Å². The van der Waals surface area contributed by atoms with Crippen LogP contribution >= 0.6 is 10.3 Å². The van der Waals surface area contributed by atoms with E-state index >= 15 is 0 Å². The van der Waals surface area contributed by atoms with Gasteiger partial charge in [-0.3, -0.25) is 4.18 Å². The molecule has 130 valence electrons. The van der Waals surface area contributed by atoms with Gasteiger partial charge in [0.2, 0.25) is 0 Å². The van der Waals surface area contributed by atoms with Crippen LogP contribution in [0.3, 0.4) is 0 Å². The minimum Gasteiger partial charge on any atom is -0.423 e. The summed E-state index contributed by atoms with van der Waals surface area (Å²) in [6.07, 6.45) is 3.35. The maximum Gasteiger partial charge on any atom is 0.409 e. The molecule has 0 aliphatic carbocycles. The Morgan fingerprint density at radius 1 is 0.917 bits per heavy atom. The van der Waals surface area contributed by atoms with Crippen LogP contribution in [-0.4, -0.2) is 34.0 Å². The molecule has 0 spiro atoms. The molecule has 0 atom stereocenters. The molecule has 0 aromatic heterocycles. The summed E-state index contributed by atoms with van der Waals surface area (Å²) in [6.45, 7) is 0. The van der Waals surface area contributed by atoms with Crippen LogP contribution in [0.15, 0.2) is 59.5 Å². The van der Waals surface area contributed by atoms with Crippen LogP contribution in [0.25, 0.3) is 0 Å². The van der Waals surface area contributed by atoms with Crippen molar-refractivity contribution in [3.8, 4) is 5.75 Å². The van der Waals surface area contributed by atoms with Crippen LogP contribution in [0.2, 0.25) is 0 Å². The molecule has 0 radical (unpaired) electrons. The molecule has 0 unspecified atom stereocenters. The van der Waals surface area contributed by atoms with Crippen molar-refractivity contribution in [2.45, 2.75) is 4.90 Å². The lowest BCUT2D eigenvalue weighted by Crippen LogP contribution is -2.12. The second-order valence-corrected chi connectivity index (χ2v) is 9.73. The molecule has 0 saturated carbocycles. The van der Waals surface area contributed by atoms with E-state index in [2.05, 4.69) is 4.18 Å². The van der Waals surface area contributed by atoms with Gasteiger partial charge in [-0.1, -0.05) is 28.5 Å². The van der Waals surface area contributed by atoms with Gasteiger partial charge in [0, 0.05) is 4.90 Å². The van der Waals surface area contributed by atoms with E-state index in [0.29, 0.717) is 16.2 Å². The maximum atomic E-state index is 12.0. The van der Waals surface area contributed by atoms with Crippen LogP contribution in [-0.2, 0) is 18.2 Å². The zero-order chi connectivity index (χ0) is 17.8. The van der Waals surface area contributed by atoms with Crippen LogP contribution in [0.1, 0.15) is 10.4 Å². The third-order valence-corrected chi connectivity index (χ3v) is 6.91. The minimum atomic E-state index is -4.04. The van der Waals surface area contributed by atoms with Gasteiger partial charge in [0.25, 0.3) is 0 Å². The van der Waals surface area contributed by atoms with Gasteiger partial charge < -0.3 is 4.74 Å². The summed E-state index contributed by atoms with van der Waals surface area (Å²) in [5.74, 6) is -0.106. The van der Waals surface area contributed by atoms with Crippen LogP contribution in [0.4, 0.5) is 0 Å². The molecule has 0 fully saturated rings. The van der Waals surface area contributed by atoms with Crippen molar-refractivity contribution in [3.05, 3.63) is 60.2 Å². The number of benzene rings is 2. The Morgan fingerprint density at radius 3 is 2.04 bits per heavy atom. The van der Waals surface area contributed by atoms with E-state index in [9.17, 15) is 13.2 Å². The summed E-state index contributed by atoms with van der Waals surface area (Å²) in [5.41, 5.74) is 0.446. The van der Waals surface area contributed by atoms with Gasteiger partial charge in [0.05, 0.1) is 12.7 Å². The monoisotopic (exact) mass is 370 g/mol. The molecular weight excluding hydrogens is 352 g/mol. The molecule has 0 aliphatic heterocycles. The molecule has 0 saturated heterocycles. The number of rotatable bonds is 6. The highest BCUT2D eigenvalue weighted by atomic mass is 32.3. The molecule has 2 aromatic rings. The molecule has 8 heteroatoms. The molecule has 0 amide bonds. The van der Waals surface area contributed by atoms with Crippen molar-refractivity contribution in [1.82, 2.24) is 0 Å². The van der Waals surface area contributed by atoms with Crippen molar-refractivity contribution >= 4 is 26.7 Å². The number of hydrogen-bond donors (Lipinski definition) is 0. The lowest BCUT2D eigenvalue weighted by molar-refractivity contribution is 0.0734. The molecule has 24 heavy (non-hydrogen) atoms. The summed E-state index contributed by atoms with van der Waals surface area (Å²) >= 11 is 0. The Balaban J connectivity index is 2.12. The fourth-order valence-electron chi connectivity index (χ4n) is 1.85. The molecular formula is C16H18O6S2. The van der Waals surface area contributed by atoms with Crippen molar-refractivity contribution in [2.75, 3.05) is 19.6 Å². The summed E-state index contributed by atoms with van der Waals surface area (Å²) in [5, 5.41) is 0. The van der Waals surface area contributed by atoms with Gasteiger partial charge in [-0.05, 0) is 48.9 Å². The average molecular weight is 370 g/mol.